The fourth-order valence-electron chi connectivity index (χ4n) is 2.27. The van der Waals surface area contributed by atoms with E-state index in [2.05, 4.69) is 15.3 Å². The van der Waals surface area contributed by atoms with Crippen LogP contribution in [0.3, 0.4) is 0 Å². The normalized spacial score (nSPS) is 14.2. The molecule has 1 N–H and O–H groups in total. The number of likely N-dealkylation sites (tertiary alicyclic amines) is 1. The van der Waals surface area contributed by atoms with E-state index >= 15 is 0 Å². The van der Waals surface area contributed by atoms with E-state index in [0.717, 1.165) is 31.6 Å². The quantitative estimate of drug-likeness (QED) is 0.946. The molecule has 3 rings (SSSR count). The van der Waals surface area contributed by atoms with Crippen molar-refractivity contribution in [3.63, 3.8) is 0 Å². The van der Waals surface area contributed by atoms with Crippen LogP contribution in [-0.2, 0) is 0 Å². The van der Waals surface area contributed by atoms with E-state index in [1.165, 1.54) is 0 Å². The summed E-state index contributed by atoms with van der Waals surface area (Å²) in [6.07, 6.45) is 5.27. The summed E-state index contributed by atoms with van der Waals surface area (Å²) >= 11 is 5.83. The lowest BCUT2D eigenvalue weighted by Gasteiger charge is -2.14. The van der Waals surface area contributed by atoms with Crippen LogP contribution >= 0.6 is 11.6 Å². The number of anilines is 2. The first-order valence-corrected chi connectivity index (χ1v) is 7.24. The molecule has 5 nitrogen and oxygen atoms in total. The minimum Gasteiger partial charge on any atom is -0.339 e. The molecule has 0 radical (unpaired) electrons. The maximum absolute atomic E-state index is 12.2. The zero-order valence-corrected chi connectivity index (χ0v) is 12.2. The molecular weight excluding hydrogens is 288 g/mol. The molecule has 0 atom stereocenters. The standard InChI is InChI=1S/C15H15ClN4O/c16-12-3-5-13(6-4-12)19-15-17-9-11(10-18-15)14(21)20-7-1-2-8-20/h3-6,9-10H,1-2,7-8H2,(H,17,18,19). The van der Waals surface area contributed by atoms with Crippen molar-refractivity contribution in [2.24, 2.45) is 0 Å². The van der Waals surface area contributed by atoms with Gasteiger partial charge in [-0.05, 0) is 37.1 Å². The molecule has 1 aromatic carbocycles. The lowest BCUT2D eigenvalue weighted by molar-refractivity contribution is 0.0792. The summed E-state index contributed by atoms with van der Waals surface area (Å²) in [6, 6.07) is 7.26. The van der Waals surface area contributed by atoms with Gasteiger partial charge in [0, 0.05) is 36.2 Å². The zero-order valence-electron chi connectivity index (χ0n) is 11.4. The Morgan fingerprint density at radius 3 is 2.33 bits per heavy atom. The van der Waals surface area contributed by atoms with Gasteiger partial charge in [0.05, 0.1) is 5.56 Å². The maximum atomic E-state index is 12.2. The van der Waals surface area contributed by atoms with Crippen LogP contribution in [0.25, 0.3) is 0 Å². The van der Waals surface area contributed by atoms with E-state index < -0.39 is 0 Å². The number of nitrogens with zero attached hydrogens (tertiary/aromatic N) is 3. The van der Waals surface area contributed by atoms with E-state index in [-0.39, 0.29) is 5.91 Å². The molecule has 1 amide bonds. The molecule has 2 heterocycles. The van der Waals surface area contributed by atoms with Crippen LogP contribution in [0.4, 0.5) is 11.6 Å². The van der Waals surface area contributed by atoms with Crippen molar-refractivity contribution < 1.29 is 4.79 Å². The van der Waals surface area contributed by atoms with Crippen molar-refractivity contribution in [2.45, 2.75) is 12.8 Å². The Balaban J connectivity index is 1.68. The Hall–Kier alpha value is -2.14. The largest absolute Gasteiger partial charge is 0.339 e. The highest BCUT2D eigenvalue weighted by molar-refractivity contribution is 6.30. The highest BCUT2D eigenvalue weighted by atomic mass is 35.5. The monoisotopic (exact) mass is 302 g/mol. The van der Waals surface area contributed by atoms with E-state index in [1.807, 2.05) is 17.0 Å². The fourth-order valence-corrected chi connectivity index (χ4v) is 2.39. The number of nitrogens with one attached hydrogen (secondary N) is 1. The second-order valence-electron chi connectivity index (χ2n) is 4.93. The second kappa shape index (κ2) is 6.10. The molecule has 0 aliphatic carbocycles. The van der Waals surface area contributed by atoms with E-state index in [9.17, 15) is 4.79 Å². The molecule has 0 spiro atoms. The molecular formula is C15H15ClN4O. The van der Waals surface area contributed by atoms with E-state index in [0.29, 0.717) is 16.5 Å². The summed E-state index contributed by atoms with van der Waals surface area (Å²) in [5.41, 5.74) is 1.37. The number of halogens is 1. The van der Waals surface area contributed by atoms with Gasteiger partial charge in [0.15, 0.2) is 0 Å². The molecule has 2 aromatic rings. The van der Waals surface area contributed by atoms with Crippen molar-refractivity contribution in [1.82, 2.24) is 14.9 Å². The number of rotatable bonds is 3. The smallest absolute Gasteiger partial charge is 0.256 e. The number of carbonyl (C=O) groups excluding carboxylic acids is 1. The van der Waals surface area contributed by atoms with Crippen molar-refractivity contribution in [3.8, 4) is 0 Å². The summed E-state index contributed by atoms with van der Waals surface area (Å²) in [6.45, 7) is 1.65. The van der Waals surface area contributed by atoms with Crippen LogP contribution < -0.4 is 5.32 Å². The molecule has 21 heavy (non-hydrogen) atoms. The van der Waals surface area contributed by atoms with Crippen molar-refractivity contribution in [2.75, 3.05) is 18.4 Å². The lowest BCUT2D eigenvalue weighted by Crippen LogP contribution is -2.27. The van der Waals surface area contributed by atoms with Gasteiger partial charge in [0.2, 0.25) is 5.95 Å². The predicted octanol–water partition coefficient (Wildman–Crippen LogP) is 3.11. The van der Waals surface area contributed by atoms with E-state index in [4.69, 9.17) is 11.6 Å². The summed E-state index contributed by atoms with van der Waals surface area (Å²) < 4.78 is 0. The third kappa shape index (κ3) is 3.31. The van der Waals surface area contributed by atoms with Gasteiger partial charge in [-0.3, -0.25) is 4.79 Å². The maximum Gasteiger partial charge on any atom is 0.256 e. The third-order valence-corrected chi connectivity index (χ3v) is 3.64. The number of hydrogen-bond donors (Lipinski definition) is 1. The SMILES string of the molecule is O=C(c1cnc(Nc2ccc(Cl)cc2)nc1)N1CCCC1. The summed E-state index contributed by atoms with van der Waals surface area (Å²) in [4.78, 5) is 22.4. The zero-order chi connectivity index (χ0) is 14.7. The molecule has 1 saturated heterocycles. The molecule has 0 unspecified atom stereocenters. The highest BCUT2D eigenvalue weighted by Crippen LogP contribution is 2.17. The fraction of sp³-hybridized carbons (Fsp3) is 0.267. The Labute approximate surface area is 128 Å². The van der Waals surface area contributed by atoms with Gasteiger partial charge in [0.1, 0.15) is 0 Å². The molecule has 6 heteroatoms. The van der Waals surface area contributed by atoms with E-state index in [1.54, 1.807) is 24.5 Å². The highest BCUT2D eigenvalue weighted by Gasteiger charge is 2.19. The molecule has 0 saturated carbocycles. The molecule has 0 bridgehead atoms. The Kier molecular flexibility index (Phi) is 4.01. The van der Waals surface area contributed by atoms with Crippen LogP contribution in [0.1, 0.15) is 23.2 Å². The second-order valence-corrected chi connectivity index (χ2v) is 5.36. The van der Waals surface area contributed by atoms with Crippen molar-refractivity contribution in [3.05, 3.63) is 47.2 Å². The number of amides is 1. The number of carbonyl (C=O) groups is 1. The number of aromatic nitrogens is 2. The van der Waals surface area contributed by atoms with Crippen LogP contribution in [0.5, 0.6) is 0 Å². The third-order valence-electron chi connectivity index (χ3n) is 3.39. The molecule has 1 aliphatic rings. The lowest BCUT2D eigenvalue weighted by atomic mass is 10.3. The number of hydrogen-bond acceptors (Lipinski definition) is 4. The van der Waals surface area contributed by atoms with Gasteiger partial charge in [-0.2, -0.15) is 0 Å². The summed E-state index contributed by atoms with van der Waals surface area (Å²) in [5.74, 6) is 0.459. The minimum absolute atomic E-state index is 0.00513. The minimum atomic E-state index is 0.00513. The first-order valence-electron chi connectivity index (χ1n) is 6.86. The van der Waals surface area contributed by atoms with Gasteiger partial charge in [-0.15, -0.1) is 0 Å². The van der Waals surface area contributed by atoms with Crippen molar-refractivity contribution in [1.29, 1.82) is 0 Å². The predicted molar refractivity (Wildman–Crippen MR) is 81.9 cm³/mol. The molecule has 1 fully saturated rings. The average molecular weight is 303 g/mol. The van der Waals surface area contributed by atoms with Crippen LogP contribution in [-0.4, -0.2) is 33.9 Å². The topological polar surface area (TPSA) is 58.1 Å². The summed E-state index contributed by atoms with van der Waals surface area (Å²) in [7, 11) is 0. The van der Waals surface area contributed by atoms with Gasteiger partial charge in [-0.1, -0.05) is 11.6 Å². The Morgan fingerprint density at radius 2 is 1.71 bits per heavy atom. The average Bonchev–Trinajstić information content (AvgIpc) is 3.04. The van der Waals surface area contributed by atoms with Crippen LogP contribution in [0.2, 0.25) is 5.02 Å². The number of benzene rings is 1. The Bertz CT molecular complexity index is 621. The first-order chi connectivity index (χ1) is 10.2. The molecule has 1 aliphatic heterocycles. The molecule has 108 valence electrons. The van der Waals surface area contributed by atoms with Crippen LogP contribution in [0, 0.1) is 0 Å². The van der Waals surface area contributed by atoms with Crippen LogP contribution in [0.15, 0.2) is 36.7 Å². The van der Waals surface area contributed by atoms with Gasteiger partial charge < -0.3 is 10.2 Å². The van der Waals surface area contributed by atoms with Gasteiger partial charge in [0.25, 0.3) is 5.91 Å². The van der Waals surface area contributed by atoms with Gasteiger partial charge >= 0.3 is 0 Å². The molecule has 1 aromatic heterocycles. The first kappa shape index (κ1) is 13.8. The Morgan fingerprint density at radius 1 is 1.10 bits per heavy atom. The van der Waals surface area contributed by atoms with Gasteiger partial charge in [-0.25, -0.2) is 9.97 Å². The summed E-state index contributed by atoms with van der Waals surface area (Å²) in [5, 5.41) is 3.74. The van der Waals surface area contributed by atoms with Crippen molar-refractivity contribution >= 4 is 29.1 Å².